The number of amides is 1. The average Bonchev–Trinajstić information content (AvgIpc) is 3.32. The quantitative estimate of drug-likeness (QED) is 0.757. The van der Waals surface area contributed by atoms with E-state index in [0.29, 0.717) is 11.4 Å². The van der Waals surface area contributed by atoms with Gasteiger partial charge in [0, 0.05) is 12.1 Å². The Hall–Kier alpha value is -2.95. The fourth-order valence-electron chi connectivity index (χ4n) is 3.59. The van der Waals surface area contributed by atoms with E-state index in [-0.39, 0.29) is 17.8 Å². The number of likely N-dealkylation sites (tertiary alicyclic amines) is 1. The molecule has 26 heavy (non-hydrogen) atoms. The zero-order valence-corrected chi connectivity index (χ0v) is 14.6. The van der Waals surface area contributed by atoms with E-state index in [4.69, 9.17) is 0 Å². The molecule has 1 atom stereocenters. The molecule has 0 aliphatic carbocycles. The zero-order valence-electron chi connectivity index (χ0n) is 14.6. The molecule has 1 aliphatic heterocycles. The predicted octanol–water partition coefficient (Wildman–Crippen LogP) is 4.50. The minimum atomic E-state index is -0.293. The summed E-state index contributed by atoms with van der Waals surface area (Å²) in [5, 5.41) is 7.07. The van der Waals surface area contributed by atoms with Gasteiger partial charge in [-0.05, 0) is 55.7 Å². The molecule has 1 aromatic heterocycles. The normalized spacial score (nSPS) is 16.8. The molecule has 1 unspecified atom stereocenters. The lowest BCUT2D eigenvalue weighted by atomic mass is 10.0. The summed E-state index contributed by atoms with van der Waals surface area (Å²) in [4.78, 5) is 14.9. The highest BCUT2D eigenvalue weighted by molar-refractivity contribution is 5.93. The van der Waals surface area contributed by atoms with Crippen molar-refractivity contribution in [1.82, 2.24) is 15.1 Å². The van der Waals surface area contributed by atoms with Crippen LogP contribution in [0.3, 0.4) is 0 Å². The molecule has 132 valence electrons. The monoisotopic (exact) mass is 349 g/mol. The molecular weight excluding hydrogens is 329 g/mol. The van der Waals surface area contributed by atoms with Gasteiger partial charge in [-0.15, -0.1) is 0 Å². The second-order valence-electron chi connectivity index (χ2n) is 6.74. The first-order chi connectivity index (χ1) is 12.6. The van der Waals surface area contributed by atoms with Gasteiger partial charge in [-0.2, -0.15) is 5.10 Å². The maximum atomic E-state index is 13.1. The van der Waals surface area contributed by atoms with Crippen molar-refractivity contribution >= 4 is 5.91 Å². The summed E-state index contributed by atoms with van der Waals surface area (Å²) in [6.45, 7) is 2.80. The highest BCUT2D eigenvalue weighted by atomic mass is 19.1. The lowest BCUT2D eigenvalue weighted by molar-refractivity contribution is 0.0729. The molecule has 0 radical (unpaired) electrons. The van der Waals surface area contributed by atoms with Crippen LogP contribution in [0, 0.1) is 12.7 Å². The molecule has 0 spiro atoms. The predicted molar refractivity (Wildman–Crippen MR) is 98.2 cm³/mol. The zero-order chi connectivity index (χ0) is 18.1. The molecule has 1 aliphatic rings. The minimum absolute atomic E-state index is 0.0464. The summed E-state index contributed by atoms with van der Waals surface area (Å²) >= 11 is 0. The number of carbonyl (C=O) groups is 1. The second-order valence-corrected chi connectivity index (χ2v) is 6.74. The van der Waals surface area contributed by atoms with Crippen molar-refractivity contribution in [3.8, 4) is 11.3 Å². The Morgan fingerprint density at radius 1 is 1.19 bits per heavy atom. The Labute approximate surface area is 151 Å². The molecule has 1 amide bonds. The number of aryl methyl sites for hydroxylation is 1. The summed E-state index contributed by atoms with van der Waals surface area (Å²) in [6, 6.07) is 16.3. The van der Waals surface area contributed by atoms with Crippen LogP contribution >= 0.6 is 0 Å². The number of hydrogen-bond acceptors (Lipinski definition) is 2. The van der Waals surface area contributed by atoms with Gasteiger partial charge in [0.15, 0.2) is 0 Å². The Kier molecular flexibility index (Phi) is 4.29. The lowest BCUT2D eigenvalue weighted by Gasteiger charge is -2.24. The Bertz CT molecular complexity index is 932. The van der Waals surface area contributed by atoms with E-state index in [0.717, 1.165) is 24.9 Å². The van der Waals surface area contributed by atoms with Crippen molar-refractivity contribution in [1.29, 1.82) is 0 Å². The Morgan fingerprint density at radius 2 is 2.00 bits per heavy atom. The number of halogens is 1. The van der Waals surface area contributed by atoms with E-state index in [2.05, 4.69) is 35.3 Å². The molecule has 3 aromatic rings. The van der Waals surface area contributed by atoms with E-state index in [1.165, 1.54) is 23.3 Å². The summed E-state index contributed by atoms with van der Waals surface area (Å²) in [7, 11) is 0. The first-order valence-corrected chi connectivity index (χ1v) is 8.81. The van der Waals surface area contributed by atoms with Crippen LogP contribution in [0.2, 0.25) is 0 Å². The van der Waals surface area contributed by atoms with E-state index < -0.39 is 0 Å². The van der Waals surface area contributed by atoms with Gasteiger partial charge in [0.05, 0.1) is 11.7 Å². The fraction of sp³-hybridized carbons (Fsp3) is 0.238. The van der Waals surface area contributed by atoms with E-state index in [9.17, 15) is 9.18 Å². The number of nitrogens with one attached hydrogen (secondary N) is 1. The van der Waals surface area contributed by atoms with Crippen LogP contribution in [0.1, 0.15) is 40.5 Å². The first kappa shape index (κ1) is 16.5. The molecule has 4 rings (SSSR count). The Morgan fingerprint density at radius 3 is 2.77 bits per heavy atom. The molecule has 0 saturated carbocycles. The van der Waals surface area contributed by atoms with Gasteiger partial charge >= 0.3 is 0 Å². The van der Waals surface area contributed by atoms with Crippen LogP contribution in [0.25, 0.3) is 11.3 Å². The molecular formula is C21H20FN3O. The highest BCUT2D eigenvalue weighted by Crippen LogP contribution is 2.33. The fourth-order valence-corrected chi connectivity index (χ4v) is 3.59. The van der Waals surface area contributed by atoms with Crippen LogP contribution in [-0.4, -0.2) is 27.5 Å². The average molecular weight is 349 g/mol. The van der Waals surface area contributed by atoms with Crippen molar-refractivity contribution in [2.24, 2.45) is 0 Å². The van der Waals surface area contributed by atoms with Crippen molar-refractivity contribution in [2.75, 3.05) is 6.54 Å². The molecule has 2 aromatic carbocycles. The second kappa shape index (κ2) is 6.75. The Balaban J connectivity index is 1.58. The highest BCUT2D eigenvalue weighted by Gasteiger charge is 2.31. The largest absolute Gasteiger partial charge is 0.330 e. The number of aromatic amines is 1. The smallest absolute Gasteiger partial charge is 0.272 e. The summed E-state index contributed by atoms with van der Waals surface area (Å²) < 4.78 is 13.1. The van der Waals surface area contributed by atoms with Crippen molar-refractivity contribution in [2.45, 2.75) is 25.8 Å². The van der Waals surface area contributed by atoms with Gasteiger partial charge in [-0.3, -0.25) is 9.89 Å². The first-order valence-electron chi connectivity index (χ1n) is 8.81. The van der Waals surface area contributed by atoms with Crippen LogP contribution in [-0.2, 0) is 0 Å². The number of aromatic nitrogens is 2. The third-order valence-electron chi connectivity index (χ3n) is 4.89. The topological polar surface area (TPSA) is 49.0 Å². The summed E-state index contributed by atoms with van der Waals surface area (Å²) in [5.41, 5.74) is 4.25. The number of hydrogen-bond donors (Lipinski definition) is 1. The van der Waals surface area contributed by atoms with Crippen LogP contribution in [0.5, 0.6) is 0 Å². The van der Waals surface area contributed by atoms with Gasteiger partial charge in [0.2, 0.25) is 0 Å². The van der Waals surface area contributed by atoms with Gasteiger partial charge < -0.3 is 4.90 Å². The number of benzene rings is 2. The number of nitrogens with zero attached hydrogens (tertiary/aromatic N) is 2. The molecule has 1 saturated heterocycles. The van der Waals surface area contributed by atoms with Gasteiger partial charge in [0.1, 0.15) is 11.5 Å². The SMILES string of the molecule is Cc1cccc(C2CCCN2C(=O)c2cc(-c3ccc(F)cc3)n[nH]2)c1. The standard InChI is InChI=1S/C21H20FN3O/c1-14-4-2-5-16(12-14)20-6-3-11-25(20)21(26)19-13-18(23-24-19)15-7-9-17(22)10-8-15/h2,4-5,7-10,12-13,20H,3,6,11H2,1H3,(H,23,24). The summed E-state index contributed by atoms with van der Waals surface area (Å²) in [6.07, 6.45) is 1.96. The summed E-state index contributed by atoms with van der Waals surface area (Å²) in [5.74, 6) is -0.339. The van der Waals surface area contributed by atoms with Crippen LogP contribution in [0.15, 0.2) is 54.6 Å². The third kappa shape index (κ3) is 3.12. The number of rotatable bonds is 3. The van der Waals surface area contributed by atoms with Crippen molar-refractivity contribution < 1.29 is 9.18 Å². The lowest BCUT2D eigenvalue weighted by Crippen LogP contribution is -2.30. The van der Waals surface area contributed by atoms with Gasteiger partial charge in [-0.25, -0.2) is 4.39 Å². The maximum absolute atomic E-state index is 13.1. The third-order valence-corrected chi connectivity index (χ3v) is 4.89. The van der Waals surface area contributed by atoms with Crippen LogP contribution in [0.4, 0.5) is 4.39 Å². The molecule has 5 heteroatoms. The number of H-pyrrole nitrogens is 1. The van der Waals surface area contributed by atoms with Crippen molar-refractivity contribution in [3.63, 3.8) is 0 Å². The molecule has 4 nitrogen and oxygen atoms in total. The van der Waals surface area contributed by atoms with E-state index in [1.54, 1.807) is 18.2 Å². The molecule has 0 bridgehead atoms. The minimum Gasteiger partial charge on any atom is -0.330 e. The van der Waals surface area contributed by atoms with Gasteiger partial charge in [-0.1, -0.05) is 29.8 Å². The molecule has 1 N–H and O–H groups in total. The maximum Gasteiger partial charge on any atom is 0.272 e. The molecule has 2 heterocycles. The van der Waals surface area contributed by atoms with Gasteiger partial charge in [0.25, 0.3) is 5.91 Å². The van der Waals surface area contributed by atoms with E-state index >= 15 is 0 Å². The van der Waals surface area contributed by atoms with E-state index in [1.807, 2.05) is 11.0 Å². The number of carbonyl (C=O) groups excluding carboxylic acids is 1. The van der Waals surface area contributed by atoms with Crippen LogP contribution < -0.4 is 0 Å². The molecule has 1 fully saturated rings. The van der Waals surface area contributed by atoms with Crippen molar-refractivity contribution in [3.05, 3.63) is 77.2 Å².